The normalized spacial score (nSPS) is 10.5. The largest absolute Gasteiger partial charge is 0.352 e. The van der Waals surface area contributed by atoms with Crippen LogP contribution >= 0.6 is 15.9 Å². The lowest BCUT2D eigenvalue weighted by Crippen LogP contribution is -2.24. The molecule has 1 amide bonds. The molecule has 0 aliphatic carbocycles. The summed E-state index contributed by atoms with van der Waals surface area (Å²) < 4.78 is 0. The molecule has 1 N–H and O–H groups in total. The van der Waals surface area contributed by atoms with Gasteiger partial charge in [-0.2, -0.15) is 0 Å². The van der Waals surface area contributed by atoms with E-state index in [9.17, 15) is 4.79 Å². The van der Waals surface area contributed by atoms with Gasteiger partial charge in [-0.05, 0) is 31.0 Å². The first-order valence-electron chi connectivity index (χ1n) is 5.86. The molecule has 0 unspecified atom stereocenters. The number of carbonyl (C=O) groups is 1. The fourth-order valence-corrected chi connectivity index (χ4v) is 2.02. The highest BCUT2D eigenvalue weighted by Gasteiger charge is 2.06. The smallest absolute Gasteiger partial charge is 0.251 e. The van der Waals surface area contributed by atoms with E-state index in [1.54, 1.807) is 24.5 Å². The second-order valence-electron chi connectivity index (χ2n) is 3.91. The number of halogens is 1. The molecule has 0 spiro atoms. The number of hydrogen-bond donors (Lipinski definition) is 1. The van der Waals surface area contributed by atoms with Crippen molar-refractivity contribution in [3.05, 3.63) is 36.2 Å². The Morgan fingerprint density at radius 2 is 1.94 bits per heavy atom. The molecule has 5 heteroatoms. The Balaban J connectivity index is 2.04. The first-order valence-corrected chi connectivity index (χ1v) is 6.98. The van der Waals surface area contributed by atoms with Crippen molar-refractivity contribution in [3.63, 3.8) is 0 Å². The molecule has 0 bridgehead atoms. The van der Waals surface area contributed by atoms with Gasteiger partial charge in [-0.15, -0.1) is 0 Å². The summed E-state index contributed by atoms with van der Waals surface area (Å²) >= 11 is 3.36. The Labute approximate surface area is 114 Å². The van der Waals surface area contributed by atoms with Gasteiger partial charge < -0.3 is 5.32 Å². The van der Waals surface area contributed by atoms with Crippen molar-refractivity contribution in [2.24, 2.45) is 0 Å². The lowest BCUT2D eigenvalue weighted by molar-refractivity contribution is 0.0953. The third-order valence-electron chi connectivity index (χ3n) is 2.58. The number of benzene rings is 1. The van der Waals surface area contributed by atoms with Crippen LogP contribution in [0.15, 0.2) is 30.6 Å². The van der Waals surface area contributed by atoms with Crippen LogP contribution in [0, 0.1) is 0 Å². The molecular weight excluding hydrogens is 294 g/mol. The number of aromatic nitrogens is 2. The molecular formula is C13H14BrN3O. The summed E-state index contributed by atoms with van der Waals surface area (Å²) in [6.07, 6.45) is 5.30. The molecule has 4 nitrogen and oxygen atoms in total. The number of fused-ring (bicyclic) bond motifs is 1. The topological polar surface area (TPSA) is 54.9 Å². The highest BCUT2D eigenvalue weighted by molar-refractivity contribution is 9.09. The fraction of sp³-hybridized carbons (Fsp3) is 0.308. The number of alkyl halides is 1. The molecule has 1 aromatic carbocycles. The number of carbonyl (C=O) groups excluding carboxylic acids is 1. The van der Waals surface area contributed by atoms with Crippen molar-refractivity contribution >= 4 is 32.9 Å². The molecule has 0 saturated heterocycles. The van der Waals surface area contributed by atoms with Crippen molar-refractivity contribution in [1.29, 1.82) is 0 Å². The van der Waals surface area contributed by atoms with Gasteiger partial charge in [0.25, 0.3) is 5.91 Å². The summed E-state index contributed by atoms with van der Waals surface area (Å²) in [5.41, 5.74) is 2.17. The minimum atomic E-state index is -0.0582. The Bertz CT molecular complexity index is 545. The van der Waals surface area contributed by atoms with E-state index in [0.717, 1.165) is 29.2 Å². The molecule has 0 atom stereocenters. The Hall–Kier alpha value is -1.49. The van der Waals surface area contributed by atoms with Gasteiger partial charge in [-0.25, -0.2) is 0 Å². The van der Waals surface area contributed by atoms with E-state index >= 15 is 0 Å². The van der Waals surface area contributed by atoms with Crippen LogP contribution in [-0.2, 0) is 0 Å². The zero-order valence-corrected chi connectivity index (χ0v) is 11.5. The lowest BCUT2D eigenvalue weighted by Gasteiger charge is -2.05. The molecule has 1 aromatic heterocycles. The average molecular weight is 308 g/mol. The summed E-state index contributed by atoms with van der Waals surface area (Å²) in [6.45, 7) is 0.697. The van der Waals surface area contributed by atoms with E-state index in [-0.39, 0.29) is 5.91 Å². The SMILES string of the molecule is O=C(NCCCCBr)c1ccc2nccnc2c1. The Morgan fingerprint density at radius 3 is 2.72 bits per heavy atom. The van der Waals surface area contributed by atoms with Crippen LogP contribution in [0.4, 0.5) is 0 Å². The summed E-state index contributed by atoms with van der Waals surface area (Å²) in [5, 5.41) is 3.86. The van der Waals surface area contributed by atoms with Crippen molar-refractivity contribution in [2.45, 2.75) is 12.8 Å². The van der Waals surface area contributed by atoms with Crippen molar-refractivity contribution < 1.29 is 4.79 Å². The van der Waals surface area contributed by atoms with Crippen molar-refractivity contribution in [3.8, 4) is 0 Å². The minimum absolute atomic E-state index is 0.0582. The zero-order valence-electron chi connectivity index (χ0n) is 9.90. The van der Waals surface area contributed by atoms with E-state index in [1.807, 2.05) is 6.07 Å². The molecule has 1 heterocycles. The molecule has 0 fully saturated rings. The highest BCUT2D eigenvalue weighted by Crippen LogP contribution is 2.10. The molecule has 0 aliphatic rings. The predicted molar refractivity (Wildman–Crippen MR) is 74.9 cm³/mol. The molecule has 0 aliphatic heterocycles. The third kappa shape index (κ3) is 3.26. The summed E-state index contributed by atoms with van der Waals surface area (Å²) in [7, 11) is 0. The first kappa shape index (κ1) is 13.0. The predicted octanol–water partition coefficient (Wildman–Crippen LogP) is 2.53. The molecule has 2 rings (SSSR count). The van der Waals surface area contributed by atoms with Gasteiger partial charge in [-0.1, -0.05) is 15.9 Å². The standard InChI is InChI=1S/C13H14BrN3O/c14-5-1-2-6-17-13(18)10-3-4-11-12(9-10)16-8-7-15-11/h3-4,7-9H,1-2,5-6H2,(H,17,18). The molecule has 0 radical (unpaired) electrons. The maximum Gasteiger partial charge on any atom is 0.251 e. The zero-order chi connectivity index (χ0) is 12.8. The van der Waals surface area contributed by atoms with Crippen LogP contribution in [0.5, 0.6) is 0 Å². The monoisotopic (exact) mass is 307 g/mol. The van der Waals surface area contributed by atoms with Crippen molar-refractivity contribution in [1.82, 2.24) is 15.3 Å². The summed E-state index contributed by atoms with van der Waals surface area (Å²) in [5.74, 6) is -0.0582. The maximum absolute atomic E-state index is 11.9. The molecule has 94 valence electrons. The van der Waals surface area contributed by atoms with Crippen LogP contribution < -0.4 is 5.32 Å². The van der Waals surface area contributed by atoms with Gasteiger partial charge in [0.2, 0.25) is 0 Å². The summed E-state index contributed by atoms with van der Waals surface area (Å²) in [4.78, 5) is 20.2. The molecule has 2 aromatic rings. The van der Waals surface area contributed by atoms with E-state index in [4.69, 9.17) is 0 Å². The van der Waals surface area contributed by atoms with Crippen LogP contribution in [0.3, 0.4) is 0 Å². The van der Waals surface area contributed by atoms with E-state index < -0.39 is 0 Å². The van der Waals surface area contributed by atoms with Crippen LogP contribution in [0.25, 0.3) is 11.0 Å². The number of unbranched alkanes of at least 4 members (excludes halogenated alkanes) is 1. The first-order chi connectivity index (χ1) is 8.81. The number of nitrogens with zero attached hydrogens (tertiary/aromatic N) is 2. The van der Waals surface area contributed by atoms with Gasteiger partial charge in [0.15, 0.2) is 0 Å². The summed E-state index contributed by atoms with van der Waals surface area (Å²) in [6, 6.07) is 5.36. The molecule has 18 heavy (non-hydrogen) atoms. The Kier molecular flexibility index (Phi) is 4.64. The van der Waals surface area contributed by atoms with Crippen LogP contribution in [0.1, 0.15) is 23.2 Å². The van der Waals surface area contributed by atoms with Gasteiger partial charge >= 0.3 is 0 Å². The second-order valence-corrected chi connectivity index (χ2v) is 4.70. The van der Waals surface area contributed by atoms with E-state index in [2.05, 4.69) is 31.2 Å². The lowest BCUT2D eigenvalue weighted by atomic mass is 10.2. The molecule has 0 saturated carbocycles. The number of nitrogens with one attached hydrogen (secondary N) is 1. The van der Waals surface area contributed by atoms with Gasteiger partial charge in [0.1, 0.15) is 0 Å². The third-order valence-corrected chi connectivity index (χ3v) is 3.14. The van der Waals surface area contributed by atoms with Crippen molar-refractivity contribution in [2.75, 3.05) is 11.9 Å². The van der Waals surface area contributed by atoms with Gasteiger partial charge in [0.05, 0.1) is 11.0 Å². The van der Waals surface area contributed by atoms with E-state index in [0.29, 0.717) is 12.1 Å². The second kappa shape index (κ2) is 6.44. The Morgan fingerprint density at radius 1 is 1.17 bits per heavy atom. The van der Waals surface area contributed by atoms with Gasteiger partial charge in [-0.3, -0.25) is 14.8 Å². The van der Waals surface area contributed by atoms with Gasteiger partial charge in [0, 0.05) is 29.8 Å². The maximum atomic E-state index is 11.9. The minimum Gasteiger partial charge on any atom is -0.352 e. The quantitative estimate of drug-likeness (QED) is 0.682. The number of rotatable bonds is 5. The van der Waals surface area contributed by atoms with Crippen LogP contribution in [-0.4, -0.2) is 27.7 Å². The number of hydrogen-bond acceptors (Lipinski definition) is 3. The highest BCUT2D eigenvalue weighted by atomic mass is 79.9. The number of amides is 1. The van der Waals surface area contributed by atoms with Crippen LogP contribution in [0.2, 0.25) is 0 Å². The average Bonchev–Trinajstić information content (AvgIpc) is 2.43. The fourth-order valence-electron chi connectivity index (χ4n) is 1.63. The van der Waals surface area contributed by atoms with E-state index in [1.165, 1.54) is 0 Å².